The zero-order valence-electron chi connectivity index (χ0n) is 6.48. The lowest BCUT2D eigenvalue weighted by Crippen LogP contribution is -2.34. The molecule has 0 radical (unpaired) electrons. The van der Waals surface area contributed by atoms with Crippen molar-refractivity contribution in [3.63, 3.8) is 0 Å². The molecule has 14 heavy (non-hydrogen) atoms. The van der Waals surface area contributed by atoms with Crippen LogP contribution in [0, 0.1) is 11.3 Å². The number of sulfone groups is 1. The molecule has 1 atom stereocenters. The summed E-state index contributed by atoms with van der Waals surface area (Å²) < 4.78 is 65.2. The zero-order chi connectivity index (χ0) is 11.6. The molecule has 0 aliphatic carbocycles. The Hall–Kier alpha value is -0.550. The molecule has 0 aromatic carbocycles. The van der Waals surface area contributed by atoms with Gasteiger partial charge in [0.05, 0.1) is 6.07 Å². The summed E-state index contributed by atoms with van der Waals surface area (Å²) in [6, 6.07) is 1.02. The molecule has 0 heterocycles. The summed E-state index contributed by atoms with van der Waals surface area (Å²) in [7, 11) is -4.93. The molecule has 0 aliphatic heterocycles. The van der Waals surface area contributed by atoms with E-state index in [1.807, 2.05) is 0 Å². The van der Waals surface area contributed by atoms with Crippen LogP contribution in [-0.2, 0) is 9.84 Å². The fraction of sp³-hybridized carbons (Fsp3) is 0.800. The van der Waals surface area contributed by atoms with Gasteiger partial charge < -0.3 is 0 Å². The molecular formula is C5H4ClF4NO2S. The zero-order valence-corrected chi connectivity index (χ0v) is 8.05. The molecule has 0 saturated carbocycles. The van der Waals surface area contributed by atoms with Gasteiger partial charge in [0.2, 0.25) is 9.84 Å². The van der Waals surface area contributed by atoms with Crippen molar-refractivity contribution in [3.8, 4) is 6.07 Å². The number of hydrogen-bond donors (Lipinski definition) is 0. The van der Waals surface area contributed by atoms with Crippen molar-refractivity contribution in [2.75, 3.05) is 5.75 Å². The Morgan fingerprint density at radius 1 is 1.29 bits per heavy atom. The maximum Gasteiger partial charge on any atom is 0.394 e. The average Bonchev–Trinajstić information content (AvgIpc) is 1.79. The van der Waals surface area contributed by atoms with Gasteiger partial charge in [-0.1, -0.05) is 11.6 Å². The lowest BCUT2D eigenvalue weighted by Gasteiger charge is -2.18. The Kier molecular flexibility index (Phi) is 3.75. The molecule has 3 nitrogen and oxygen atoms in total. The van der Waals surface area contributed by atoms with Gasteiger partial charge in [0, 0.05) is 0 Å². The third-order valence-corrected chi connectivity index (χ3v) is 3.52. The van der Waals surface area contributed by atoms with E-state index in [-0.39, 0.29) is 0 Å². The van der Waals surface area contributed by atoms with Crippen molar-refractivity contribution >= 4 is 21.4 Å². The molecule has 0 amide bonds. The van der Waals surface area contributed by atoms with Gasteiger partial charge in [-0.25, -0.2) is 12.8 Å². The van der Waals surface area contributed by atoms with Crippen molar-refractivity contribution in [2.45, 2.75) is 17.1 Å². The first-order valence-corrected chi connectivity index (χ1v) is 5.09. The molecule has 0 aromatic heterocycles. The molecule has 0 rings (SSSR count). The van der Waals surface area contributed by atoms with Crippen molar-refractivity contribution in [1.82, 2.24) is 0 Å². The van der Waals surface area contributed by atoms with Crippen LogP contribution in [-0.4, -0.2) is 24.8 Å². The van der Waals surface area contributed by atoms with Crippen LogP contribution < -0.4 is 0 Å². The molecule has 0 aromatic rings. The van der Waals surface area contributed by atoms with Crippen molar-refractivity contribution in [1.29, 1.82) is 5.26 Å². The Bertz CT molecular complexity index is 342. The van der Waals surface area contributed by atoms with Crippen LogP contribution >= 0.6 is 11.6 Å². The van der Waals surface area contributed by atoms with Gasteiger partial charge in [-0.2, -0.15) is 18.4 Å². The van der Waals surface area contributed by atoms with Gasteiger partial charge in [-0.05, 0) is 0 Å². The van der Waals surface area contributed by atoms with E-state index in [0.717, 1.165) is 6.07 Å². The van der Waals surface area contributed by atoms with Gasteiger partial charge >= 0.3 is 6.18 Å². The van der Waals surface area contributed by atoms with Crippen LogP contribution in [0.3, 0.4) is 0 Å². The van der Waals surface area contributed by atoms with E-state index in [9.17, 15) is 26.0 Å². The predicted molar refractivity (Wildman–Crippen MR) is 39.8 cm³/mol. The minimum absolute atomic E-state index is 1.02. The molecule has 0 bridgehead atoms. The first-order valence-electron chi connectivity index (χ1n) is 3.06. The van der Waals surface area contributed by atoms with Crippen molar-refractivity contribution in [2.24, 2.45) is 0 Å². The van der Waals surface area contributed by atoms with Gasteiger partial charge in [-0.3, -0.25) is 0 Å². The molecule has 1 unspecified atom stereocenters. The van der Waals surface area contributed by atoms with Gasteiger partial charge in [-0.15, -0.1) is 0 Å². The van der Waals surface area contributed by atoms with Crippen molar-refractivity contribution in [3.05, 3.63) is 0 Å². The molecule has 0 N–H and O–H groups in total. The molecule has 0 fully saturated rings. The molecule has 0 aliphatic rings. The van der Waals surface area contributed by atoms with Crippen LogP contribution in [0.15, 0.2) is 0 Å². The van der Waals surface area contributed by atoms with Crippen LogP contribution in [0.4, 0.5) is 17.6 Å². The van der Waals surface area contributed by atoms with Crippen LogP contribution in [0.1, 0.15) is 6.42 Å². The third kappa shape index (κ3) is 3.67. The van der Waals surface area contributed by atoms with Crippen LogP contribution in [0.2, 0.25) is 0 Å². The van der Waals surface area contributed by atoms with Crippen LogP contribution in [0.25, 0.3) is 0 Å². The summed E-state index contributed by atoms with van der Waals surface area (Å²) in [6.45, 7) is 0. The Balaban J connectivity index is 4.90. The Labute approximate surface area is 82.2 Å². The average molecular weight is 254 g/mol. The second-order valence-electron chi connectivity index (χ2n) is 2.35. The lowest BCUT2D eigenvalue weighted by atomic mass is 10.4. The van der Waals surface area contributed by atoms with E-state index in [2.05, 4.69) is 11.6 Å². The lowest BCUT2D eigenvalue weighted by molar-refractivity contribution is -0.143. The maximum absolute atomic E-state index is 12.9. The summed E-state index contributed by atoms with van der Waals surface area (Å²) in [4.78, 5) is 0. The smallest absolute Gasteiger partial charge is 0.223 e. The number of halogens is 5. The van der Waals surface area contributed by atoms with Crippen LogP contribution in [0.5, 0.6) is 0 Å². The van der Waals surface area contributed by atoms with Gasteiger partial charge in [0.25, 0.3) is 4.46 Å². The number of nitrogens with zero attached hydrogens (tertiary/aromatic N) is 1. The maximum atomic E-state index is 12.9. The minimum Gasteiger partial charge on any atom is -0.223 e. The minimum atomic E-state index is -5.06. The number of nitriles is 1. The highest BCUT2D eigenvalue weighted by atomic mass is 35.5. The molecule has 9 heteroatoms. The topological polar surface area (TPSA) is 57.9 Å². The molecule has 82 valence electrons. The number of alkyl halides is 5. The molecule has 0 spiro atoms. The van der Waals surface area contributed by atoms with E-state index in [4.69, 9.17) is 5.26 Å². The highest BCUT2D eigenvalue weighted by Crippen LogP contribution is 2.37. The quantitative estimate of drug-likeness (QED) is 0.569. The van der Waals surface area contributed by atoms with E-state index >= 15 is 0 Å². The van der Waals surface area contributed by atoms with E-state index < -0.39 is 32.6 Å². The normalized spacial score (nSPS) is 17.1. The highest BCUT2D eigenvalue weighted by molar-refractivity contribution is 7.94. The van der Waals surface area contributed by atoms with Crippen molar-refractivity contribution < 1.29 is 26.0 Å². The second kappa shape index (κ2) is 3.90. The molecule has 0 saturated heterocycles. The summed E-state index contributed by atoms with van der Waals surface area (Å²) in [5.74, 6) is -1.40. The van der Waals surface area contributed by atoms with E-state index in [1.165, 1.54) is 0 Å². The molecular weight excluding hydrogens is 250 g/mol. The van der Waals surface area contributed by atoms with E-state index in [0.29, 0.717) is 0 Å². The fourth-order valence-corrected chi connectivity index (χ4v) is 1.61. The first kappa shape index (κ1) is 13.4. The second-order valence-corrected chi connectivity index (χ2v) is 5.33. The van der Waals surface area contributed by atoms with Gasteiger partial charge in [0.1, 0.15) is 12.2 Å². The number of rotatable bonds is 3. The highest BCUT2D eigenvalue weighted by Gasteiger charge is 2.50. The fourth-order valence-electron chi connectivity index (χ4n) is 0.534. The predicted octanol–water partition coefficient (Wildman–Crippen LogP) is 1.74. The Morgan fingerprint density at radius 3 is 2.00 bits per heavy atom. The summed E-state index contributed by atoms with van der Waals surface area (Å²) in [6.07, 6.45) is -7.40. The SMILES string of the molecule is N#CCS(=O)(=O)C(F)(Cl)CC(F)(F)F. The summed E-state index contributed by atoms with van der Waals surface area (Å²) in [5, 5.41) is 7.93. The van der Waals surface area contributed by atoms with Gasteiger partial charge in [0.15, 0.2) is 0 Å². The number of hydrogen-bond acceptors (Lipinski definition) is 3. The third-order valence-electron chi connectivity index (χ3n) is 1.12. The summed E-state index contributed by atoms with van der Waals surface area (Å²) in [5.41, 5.74) is 0. The Morgan fingerprint density at radius 2 is 1.71 bits per heavy atom. The first-order chi connectivity index (χ1) is 6.02. The van der Waals surface area contributed by atoms with E-state index in [1.54, 1.807) is 0 Å². The standard InChI is InChI=1S/C5H4ClF4NO2S/c6-4(7,3-5(8,9)10)14(12,13)2-1-11/h2-3H2. The monoisotopic (exact) mass is 253 g/mol. The summed E-state index contributed by atoms with van der Waals surface area (Å²) >= 11 is 4.57. The largest absolute Gasteiger partial charge is 0.394 e.